The van der Waals surface area contributed by atoms with Gasteiger partial charge in [0.15, 0.2) is 0 Å². The summed E-state index contributed by atoms with van der Waals surface area (Å²) in [6, 6.07) is 13.9. The van der Waals surface area contributed by atoms with Crippen LogP contribution < -0.4 is 10.9 Å². The number of benzene rings is 1. The van der Waals surface area contributed by atoms with E-state index in [1.165, 1.54) is 24.3 Å². The van der Waals surface area contributed by atoms with E-state index in [9.17, 15) is 18.8 Å². The van der Waals surface area contributed by atoms with Crippen molar-refractivity contribution in [1.82, 2.24) is 14.5 Å². The molecule has 1 N–H and O–H groups in total. The van der Waals surface area contributed by atoms with Crippen LogP contribution in [0.15, 0.2) is 65.6 Å². The fourth-order valence-electron chi connectivity index (χ4n) is 4.65. The predicted molar refractivity (Wildman–Crippen MR) is 116 cm³/mol. The van der Waals surface area contributed by atoms with E-state index in [0.29, 0.717) is 25.3 Å². The molecule has 0 unspecified atom stereocenters. The topological polar surface area (TPSA) is 84.3 Å². The quantitative estimate of drug-likeness (QED) is 0.690. The number of carbonyl (C=O) groups is 2. The van der Waals surface area contributed by atoms with Gasteiger partial charge in [0, 0.05) is 43.0 Å². The Labute approximate surface area is 183 Å². The second-order valence-electron chi connectivity index (χ2n) is 8.27. The Kier molecular flexibility index (Phi) is 5.05. The lowest BCUT2D eigenvalue weighted by molar-refractivity contribution is 0.0588. The number of carbonyl (C=O) groups excluding carboxylic acids is 2. The maximum absolute atomic E-state index is 13.1. The van der Waals surface area contributed by atoms with Gasteiger partial charge in [0.25, 0.3) is 17.4 Å². The maximum Gasteiger partial charge on any atom is 0.274 e. The van der Waals surface area contributed by atoms with E-state index in [1.54, 1.807) is 35.0 Å². The van der Waals surface area contributed by atoms with Crippen LogP contribution in [0.3, 0.4) is 0 Å². The summed E-state index contributed by atoms with van der Waals surface area (Å²) in [4.78, 5) is 44.4. The van der Waals surface area contributed by atoms with Crippen molar-refractivity contribution in [3.8, 4) is 0 Å². The van der Waals surface area contributed by atoms with E-state index in [2.05, 4.69) is 10.3 Å². The Morgan fingerprint density at radius 3 is 2.56 bits per heavy atom. The maximum atomic E-state index is 13.1. The molecule has 1 fully saturated rings. The summed E-state index contributed by atoms with van der Waals surface area (Å²) >= 11 is 0. The lowest BCUT2D eigenvalue weighted by Crippen LogP contribution is -2.49. The lowest BCUT2D eigenvalue weighted by Gasteiger charge is -2.42. The minimum atomic E-state index is -0.467. The monoisotopic (exact) mass is 432 g/mol. The van der Waals surface area contributed by atoms with Crippen molar-refractivity contribution in [3.05, 3.63) is 93.9 Å². The molecule has 2 bridgehead atoms. The van der Waals surface area contributed by atoms with Gasteiger partial charge in [-0.1, -0.05) is 6.07 Å². The van der Waals surface area contributed by atoms with E-state index >= 15 is 0 Å². The van der Waals surface area contributed by atoms with Gasteiger partial charge in [0.2, 0.25) is 0 Å². The van der Waals surface area contributed by atoms with Crippen molar-refractivity contribution in [2.75, 3.05) is 18.4 Å². The molecule has 7 nitrogen and oxygen atoms in total. The molecule has 2 atom stereocenters. The van der Waals surface area contributed by atoms with Crippen LogP contribution in [0.4, 0.5) is 10.1 Å². The highest BCUT2D eigenvalue weighted by atomic mass is 19.1. The second kappa shape index (κ2) is 8.03. The van der Waals surface area contributed by atoms with Gasteiger partial charge in [-0.25, -0.2) is 4.39 Å². The zero-order valence-electron chi connectivity index (χ0n) is 17.2. The van der Waals surface area contributed by atoms with Crippen LogP contribution in [0.2, 0.25) is 0 Å². The first-order chi connectivity index (χ1) is 15.5. The number of anilines is 1. The zero-order chi connectivity index (χ0) is 22.2. The number of pyridine rings is 2. The molecule has 4 heterocycles. The van der Waals surface area contributed by atoms with Gasteiger partial charge >= 0.3 is 0 Å². The number of likely N-dealkylation sites (tertiary alicyclic amines) is 1. The number of aromatic nitrogens is 2. The van der Waals surface area contributed by atoms with Gasteiger partial charge in [-0.05, 0) is 60.9 Å². The van der Waals surface area contributed by atoms with Gasteiger partial charge in [-0.15, -0.1) is 0 Å². The third kappa shape index (κ3) is 3.68. The Morgan fingerprint density at radius 1 is 1.00 bits per heavy atom. The molecule has 162 valence electrons. The summed E-state index contributed by atoms with van der Waals surface area (Å²) in [5.41, 5.74) is 1.48. The third-order valence-corrected chi connectivity index (χ3v) is 6.13. The Balaban J connectivity index is 1.37. The molecule has 2 aliphatic rings. The van der Waals surface area contributed by atoms with E-state index in [0.717, 1.165) is 12.1 Å². The molecule has 8 heteroatoms. The molecule has 0 aliphatic carbocycles. The third-order valence-electron chi connectivity index (χ3n) is 6.13. The summed E-state index contributed by atoms with van der Waals surface area (Å²) in [6.07, 6.45) is 2.52. The van der Waals surface area contributed by atoms with Crippen LogP contribution >= 0.6 is 0 Å². The van der Waals surface area contributed by atoms with Crippen LogP contribution in [-0.4, -0.2) is 39.4 Å². The molecule has 0 radical (unpaired) electrons. The summed E-state index contributed by atoms with van der Waals surface area (Å²) in [6.45, 7) is 1.56. The molecule has 2 aromatic heterocycles. The number of nitrogens with one attached hydrogen (secondary N) is 1. The molecular weight excluding hydrogens is 411 g/mol. The largest absolute Gasteiger partial charge is 0.336 e. The van der Waals surface area contributed by atoms with Crippen molar-refractivity contribution < 1.29 is 14.0 Å². The van der Waals surface area contributed by atoms with Crippen LogP contribution in [0, 0.1) is 11.7 Å². The summed E-state index contributed by atoms with van der Waals surface area (Å²) < 4.78 is 14.8. The van der Waals surface area contributed by atoms with Crippen molar-refractivity contribution >= 4 is 17.5 Å². The van der Waals surface area contributed by atoms with Gasteiger partial charge in [0.1, 0.15) is 17.2 Å². The van der Waals surface area contributed by atoms with Gasteiger partial charge < -0.3 is 14.8 Å². The zero-order valence-corrected chi connectivity index (χ0v) is 17.2. The Bertz CT molecular complexity index is 1240. The Hall–Kier alpha value is -3.81. The average molecular weight is 432 g/mol. The number of hydrogen-bond donors (Lipinski definition) is 1. The van der Waals surface area contributed by atoms with Crippen LogP contribution in [-0.2, 0) is 6.54 Å². The fraction of sp³-hybridized carbons (Fsp3) is 0.250. The molecule has 32 heavy (non-hydrogen) atoms. The Morgan fingerprint density at radius 2 is 1.81 bits per heavy atom. The minimum Gasteiger partial charge on any atom is -0.336 e. The first-order valence-corrected chi connectivity index (χ1v) is 10.5. The number of halogens is 1. The molecule has 2 amide bonds. The highest BCUT2D eigenvalue weighted by Crippen LogP contribution is 2.35. The molecular formula is C24H21FN4O3. The van der Waals surface area contributed by atoms with Crippen molar-refractivity contribution in [2.45, 2.75) is 18.9 Å². The second-order valence-corrected chi connectivity index (χ2v) is 8.27. The first kappa shape index (κ1) is 20.1. The van der Waals surface area contributed by atoms with Crippen LogP contribution in [0.25, 0.3) is 0 Å². The summed E-state index contributed by atoms with van der Waals surface area (Å²) in [7, 11) is 0. The molecule has 0 saturated carbocycles. The number of amides is 2. The fourth-order valence-corrected chi connectivity index (χ4v) is 4.65. The smallest absolute Gasteiger partial charge is 0.274 e. The lowest BCUT2D eigenvalue weighted by atomic mass is 9.83. The number of hydrogen-bond acceptors (Lipinski definition) is 4. The molecule has 2 aliphatic heterocycles. The van der Waals surface area contributed by atoms with E-state index in [1.807, 2.05) is 11.0 Å². The molecule has 1 saturated heterocycles. The van der Waals surface area contributed by atoms with E-state index < -0.39 is 11.7 Å². The number of fused-ring (bicyclic) bond motifs is 4. The molecule has 5 rings (SSSR count). The highest BCUT2D eigenvalue weighted by molar-refractivity contribution is 6.04. The van der Waals surface area contributed by atoms with Gasteiger partial charge in [0.05, 0.1) is 0 Å². The molecule has 3 aromatic rings. The SMILES string of the molecule is O=C(Nc1ccc2n(c1=O)C[C@H]1C[C@@H]2CN(C(=O)c2ccccn2)C1)c1ccc(F)cc1. The standard InChI is InChI=1S/C24H21FN4O3/c25-18-6-4-16(5-7-18)22(30)27-20-8-9-21-17-11-15(13-29(21)24(20)32)12-28(14-17)23(31)19-3-1-2-10-26-19/h1-10,15,17H,11-14H2,(H,27,30)/t15-,17+/m0/s1. The van der Waals surface area contributed by atoms with E-state index in [4.69, 9.17) is 0 Å². The normalized spacial score (nSPS) is 19.2. The number of nitrogens with zero attached hydrogens (tertiary/aromatic N) is 3. The summed E-state index contributed by atoms with van der Waals surface area (Å²) in [5.74, 6) is -0.804. The number of piperidine rings is 1. The van der Waals surface area contributed by atoms with Crippen molar-refractivity contribution in [3.63, 3.8) is 0 Å². The van der Waals surface area contributed by atoms with Gasteiger partial charge in [-0.3, -0.25) is 19.4 Å². The van der Waals surface area contributed by atoms with Crippen LogP contribution in [0.1, 0.15) is 38.9 Å². The predicted octanol–water partition coefficient (Wildman–Crippen LogP) is 2.89. The minimum absolute atomic E-state index is 0.0460. The summed E-state index contributed by atoms with van der Waals surface area (Å²) in [5, 5.41) is 2.64. The molecule has 0 spiro atoms. The first-order valence-electron chi connectivity index (χ1n) is 10.5. The van der Waals surface area contributed by atoms with Crippen molar-refractivity contribution in [1.29, 1.82) is 0 Å². The van der Waals surface area contributed by atoms with Crippen molar-refractivity contribution in [2.24, 2.45) is 5.92 Å². The average Bonchev–Trinajstić information content (AvgIpc) is 2.81. The number of rotatable bonds is 3. The van der Waals surface area contributed by atoms with Crippen LogP contribution in [0.5, 0.6) is 0 Å². The molecule has 1 aromatic carbocycles. The van der Waals surface area contributed by atoms with Gasteiger partial charge in [-0.2, -0.15) is 0 Å². The van der Waals surface area contributed by atoms with E-state index in [-0.39, 0.29) is 34.6 Å². The highest BCUT2D eigenvalue weighted by Gasteiger charge is 2.37.